The first-order valence-corrected chi connectivity index (χ1v) is 24.7. The zero-order chi connectivity index (χ0) is 49.7. The summed E-state index contributed by atoms with van der Waals surface area (Å²) in [7, 11) is -5.17. The molecule has 2 aliphatic heterocycles. The van der Waals surface area contributed by atoms with Crippen molar-refractivity contribution in [3.05, 3.63) is 79.5 Å². The molecule has 0 saturated heterocycles. The molecule has 2 aromatic heterocycles. The van der Waals surface area contributed by atoms with Crippen molar-refractivity contribution >= 4 is 70.7 Å². The number of benzene rings is 2. The van der Waals surface area contributed by atoms with E-state index >= 15 is 0 Å². The van der Waals surface area contributed by atoms with Crippen LogP contribution in [0.4, 0.5) is 14.8 Å². The summed E-state index contributed by atoms with van der Waals surface area (Å²) in [6, 6.07) is 12.6. The van der Waals surface area contributed by atoms with Crippen LogP contribution in [0.25, 0.3) is 0 Å². The minimum Gasteiger partial charge on any atom is -0.495 e. The molecule has 356 valence electrons. The van der Waals surface area contributed by atoms with Gasteiger partial charge in [0.05, 0.1) is 44.7 Å². The lowest BCUT2D eigenvalue weighted by Crippen LogP contribution is -2.52. The number of nitrogens with two attached hydrogens (primary N) is 3. The minimum absolute atomic E-state index is 0.00155. The van der Waals surface area contributed by atoms with Crippen LogP contribution >= 0.6 is 22.7 Å². The fourth-order valence-corrected chi connectivity index (χ4v) is 11.0. The van der Waals surface area contributed by atoms with Crippen molar-refractivity contribution < 1.29 is 50.5 Å². The topological polar surface area (TPSA) is 320 Å². The number of anilines is 2. The van der Waals surface area contributed by atoms with E-state index in [0.29, 0.717) is 51.8 Å². The molecule has 0 unspecified atom stereocenters. The van der Waals surface area contributed by atoms with Gasteiger partial charge in [-0.05, 0) is 95.8 Å². The number of amides is 2. The van der Waals surface area contributed by atoms with Gasteiger partial charge in [0.15, 0.2) is 0 Å². The van der Waals surface area contributed by atoms with Crippen LogP contribution in [-0.2, 0) is 73.1 Å². The molecule has 0 aliphatic carbocycles. The first-order valence-electron chi connectivity index (χ1n) is 19.9. The molecule has 0 saturated carbocycles. The summed E-state index contributed by atoms with van der Waals surface area (Å²) in [5.41, 5.74) is 8.74. The monoisotopic (exact) mass is 986 g/mol. The SMILES string of the molecule is CC(C)(C)OC(=O)N1Cc2c(sc(N)c2C#N)CC1(C)C.COc1cc(CC(=O)Nc2sc3c(c2C#N)CNC(C)(C)C3)ccc1S(N)(=O)=O.COc1cc(CC(=O)O)ccc1S(N)(=O)=O. The van der Waals surface area contributed by atoms with Crippen molar-refractivity contribution in [1.29, 1.82) is 10.5 Å². The number of nitriles is 2. The van der Waals surface area contributed by atoms with Gasteiger partial charge in [-0.2, -0.15) is 10.5 Å². The van der Waals surface area contributed by atoms with Crippen molar-refractivity contribution in [2.24, 2.45) is 10.3 Å². The fourth-order valence-electron chi connectivity index (χ4n) is 6.94. The lowest BCUT2D eigenvalue weighted by Gasteiger charge is -2.42. The number of carbonyl (C=O) groups is 3. The molecule has 23 heteroatoms. The second-order valence-corrected chi connectivity index (χ2v) is 22.8. The fraction of sp³-hybridized carbons (Fsp3) is 0.419. The number of thiophene rings is 2. The second-order valence-electron chi connectivity index (χ2n) is 17.5. The molecule has 19 nitrogen and oxygen atoms in total. The Labute approximate surface area is 392 Å². The van der Waals surface area contributed by atoms with E-state index in [4.69, 9.17) is 35.3 Å². The third-order valence-electron chi connectivity index (χ3n) is 10.1. The summed E-state index contributed by atoms with van der Waals surface area (Å²) in [6.45, 7) is 14.7. The number of rotatable bonds is 9. The number of carbonyl (C=O) groups excluding carboxylic acids is 2. The normalized spacial score (nSPS) is 14.8. The molecule has 2 amide bonds. The number of nitrogens with zero attached hydrogens (tertiary/aromatic N) is 3. The van der Waals surface area contributed by atoms with E-state index in [1.807, 2.05) is 34.6 Å². The smallest absolute Gasteiger partial charge is 0.411 e. The molecule has 0 radical (unpaired) electrons. The zero-order valence-electron chi connectivity index (χ0n) is 37.9. The maximum atomic E-state index is 12.6. The van der Waals surface area contributed by atoms with Gasteiger partial charge in [-0.15, -0.1) is 22.7 Å². The highest BCUT2D eigenvalue weighted by Gasteiger charge is 2.40. The molecular weight excluding hydrogens is 933 g/mol. The van der Waals surface area contributed by atoms with Gasteiger partial charge in [-0.3, -0.25) is 14.5 Å². The van der Waals surface area contributed by atoms with Crippen LogP contribution in [0.5, 0.6) is 11.5 Å². The van der Waals surface area contributed by atoms with Crippen molar-refractivity contribution in [2.45, 2.75) is 114 Å². The molecule has 6 rings (SSSR count). The highest BCUT2D eigenvalue weighted by Crippen LogP contribution is 2.41. The molecule has 0 spiro atoms. The summed E-state index contributed by atoms with van der Waals surface area (Å²) < 4.78 is 60.8. The van der Waals surface area contributed by atoms with Gasteiger partial charge >= 0.3 is 12.1 Å². The maximum absolute atomic E-state index is 12.6. The number of nitrogen functional groups attached to an aromatic ring is 1. The molecule has 0 fully saturated rings. The Morgan fingerprint density at radius 2 is 1.36 bits per heavy atom. The largest absolute Gasteiger partial charge is 0.495 e. The van der Waals surface area contributed by atoms with Crippen LogP contribution in [0.1, 0.15) is 91.6 Å². The predicted octanol–water partition coefficient (Wildman–Crippen LogP) is 5.12. The molecule has 2 aliphatic rings. The van der Waals surface area contributed by atoms with E-state index in [0.717, 1.165) is 27.3 Å². The van der Waals surface area contributed by atoms with Gasteiger partial charge in [0.2, 0.25) is 26.0 Å². The van der Waals surface area contributed by atoms with Gasteiger partial charge in [0.1, 0.15) is 49.0 Å². The summed E-state index contributed by atoms with van der Waals surface area (Å²) in [5.74, 6) is -1.19. The van der Waals surface area contributed by atoms with Gasteiger partial charge < -0.3 is 35.7 Å². The predicted molar refractivity (Wildman–Crippen MR) is 249 cm³/mol. The van der Waals surface area contributed by atoms with E-state index < -0.39 is 31.6 Å². The van der Waals surface area contributed by atoms with Crippen LogP contribution in [-0.4, -0.2) is 75.7 Å². The Bertz CT molecular complexity index is 2830. The average molecular weight is 987 g/mol. The lowest BCUT2D eigenvalue weighted by molar-refractivity contribution is -0.136. The summed E-state index contributed by atoms with van der Waals surface area (Å²) in [6.07, 6.45) is 0.897. The molecule has 0 atom stereocenters. The molecule has 9 N–H and O–H groups in total. The van der Waals surface area contributed by atoms with Crippen LogP contribution in [0.3, 0.4) is 0 Å². The number of hydrogen-bond acceptors (Lipinski definition) is 16. The number of sulfonamides is 2. The summed E-state index contributed by atoms with van der Waals surface area (Å²) in [4.78, 5) is 39.0. The third-order valence-corrected chi connectivity index (χ3v) is 14.2. The van der Waals surface area contributed by atoms with Crippen molar-refractivity contribution in [2.75, 3.05) is 25.3 Å². The van der Waals surface area contributed by atoms with Gasteiger partial charge in [-0.1, -0.05) is 12.1 Å². The standard InChI is InChI=1S/C19H22N4O4S2.C15H21N3O2S.C9H11NO5S/c1-19(2)8-15-13(10-22-19)12(9-20)18(28-15)23-17(24)7-11-4-5-16(29(21,25)26)14(6-11)27-3;1-14(2,3)20-13(19)18-8-10-9(7-16)12(17)21-11(10)6-15(18,4)5;1-15-7-4-6(5-9(11)12)2-3-8(7)16(10,13)14/h4-6,22H,7-8,10H2,1-3H3,(H,23,24)(H2,21,25,26);6,8,17H2,1-5H3;2-4H,5H2,1H3,(H,11,12)(H2,10,13,14). The summed E-state index contributed by atoms with van der Waals surface area (Å²) in [5, 5.41) is 44.8. The van der Waals surface area contributed by atoms with Crippen LogP contribution in [0, 0.1) is 22.7 Å². The Kier molecular flexibility index (Phi) is 16.3. The molecule has 0 bridgehead atoms. The highest BCUT2D eigenvalue weighted by atomic mass is 32.2. The first-order chi connectivity index (χ1) is 30.4. The molecule has 4 heterocycles. The van der Waals surface area contributed by atoms with E-state index in [1.165, 1.54) is 73.3 Å². The number of nitrogens with one attached hydrogen (secondary N) is 2. The Morgan fingerprint density at radius 1 is 0.848 bits per heavy atom. The van der Waals surface area contributed by atoms with Gasteiger partial charge in [0, 0.05) is 39.4 Å². The van der Waals surface area contributed by atoms with E-state index in [2.05, 4.69) is 36.6 Å². The van der Waals surface area contributed by atoms with Gasteiger partial charge in [-0.25, -0.2) is 31.9 Å². The minimum atomic E-state index is -3.93. The van der Waals surface area contributed by atoms with Crippen molar-refractivity contribution in [1.82, 2.24) is 10.2 Å². The zero-order valence-corrected chi connectivity index (χ0v) is 41.2. The number of aliphatic carboxylic acids is 1. The van der Waals surface area contributed by atoms with Crippen LogP contribution in [0.2, 0.25) is 0 Å². The number of primary sulfonamides is 2. The average Bonchev–Trinajstić information content (AvgIpc) is 3.67. The van der Waals surface area contributed by atoms with Crippen LogP contribution < -0.4 is 36.1 Å². The molecular formula is C43H54N8O11S4. The molecule has 4 aromatic rings. The highest BCUT2D eigenvalue weighted by molar-refractivity contribution is 7.89. The quantitative estimate of drug-likeness (QED) is 0.127. The molecule has 66 heavy (non-hydrogen) atoms. The van der Waals surface area contributed by atoms with E-state index in [9.17, 15) is 41.7 Å². The second kappa shape index (κ2) is 20.4. The first kappa shape index (κ1) is 52.8. The van der Waals surface area contributed by atoms with Crippen LogP contribution in [0.15, 0.2) is 46.2 Å². The number of hydrogen-bond donors (Lipinski definition) is 6. The van der Waals surface area contributed by atoms with E-state index in [-0.39, 0.29) is 57.2 Å². The Balaban J connectivity index is 0.000000227. The number of carboxylic acids is 1. The lowest BCUT2D eigenvalue weighted by atomic mass is 9.90. The van der Waals surface area contributed by atoms with Gasteiger partial charge in [0.25, 0.3) is 0 Å². The number of ether oxygens (including phenoxy) is 3. The van der Waals surface area contributed by atoms with Crippen molar-refractivity contribution in [3.63, 3.8) is 0 Å². The Hall–Kier alpha value is -5.79. The number of methoxy groups -OCH3 is 2. The number of carboxylic acid groups (broad SMARTS) is 1. The van der Waals surface area contributed by atoms with Crippen molar-refractivity contribution in [3.8, 4) is 23.6 Å². The molecule has 2 aromatic carbocycles. The maximum Gasteiger partial charge on any atom is 0.411 e. The number of fused-ring (bicyclic) bond motifs is 2. The Morgan fingerprint density at radius 3 is 1.83 bits per heavy atom. The summed E-state index contributed by atoms with van der Waals surface area (Å²) >= 11 is 2.87. The third kappa shape index (κ3) is 13.4. The van der Waals surface area contributed by atoms with E-state index in [1.54, 1.807) is 4.90 Å².